The van der Waals surface area contributed by atoms with Gasteiger partial charge in [0.2, 0.25) is 0 Å². The highest BCUT2D eigenvalue weighted by Crippen LogP contribution is 2.09. The fourth-order valence-corrected chi connectivity index (χ4v) is 1.09. The molecule has 0 bridgehead atoms. The van der Waals surface area contributed by atoms with E-state index in [1.807, 2.05) is 34.9 Å². The van der Waals surface area contributed by atoms with Crippen molar-refractivity contribution in [3.8, 4) is 0 Å². The molecule has 0 aliphatic rings. The molecule has 3 nitrogen and oxygen atoms in total. The van der Waals surface area contributed by atoms with Crippen molar-refractivity contribution in [3.63, 3.8) is 0 Å². The quantitative estimate of drug-likeness (QED) is 0.503. The van der Waals surface area contributed by atoms with E-state index in [-0.39, 0.29) is 11.6 Å². The largest absolute Gasteiger partial charge is 0.460 e. The molecular formula is C11H23NO2. The van der Waals surface area contributed by atoms with E-state index in [4.69, 9.17) is 4.74 Å². The number of hydrogen-bond acceptors (Lipinski definition) is 3. The molecule has 84 valence electrons. The second-order valence-corrected chi connectivity index (χ2v) is 4.85. The van der Waals surface area contributed by atoms with Crippen LogP contribution in [0.1, 0.15) is 40.0 Å². The highest BCUT2D eigenvalue weighted by molar-refractivity contribution is 5.69. The van der Waals surface area contributed by atoms with Crippen LogP contribution in [0.5, 0.6) is 0 Å². The van der Waals surface area contributed by atoms with Gasteiger partial charge in [0, 0.05) is 6.42 Å². The minimum atomic E-state index is -0.349. The van der Waals surface area contributed by atoms with Crippen LogP contribution in [0, 0.1) is 0 Å². The Kier molecular flexibility index (Phi) is 5.77. The maximum absolute atomic E-state index is 11.3. The number of esters is 1. The van der Waals surface area contributed by atoms with E-state index in [0.29, 0.717) is 6.42 Å². The number of carbonyl (C=O) groups excluding carboxylic acids is 1. The van der Waals surface area contributed by atoms with Gasteiger partial charge < -0.3 is 9.64 Å². The highest BCUT2D eigenvalue weighted by atomic mass is 16.6. The molecule has 0 aromatic carbocycles. The van der Waals surface area contributed by atoms with Crippen LogP contribution in [0.4, 0.5) is 0 Å². The molecule has 0 aliphatic carbocycles. The smallest absolute Gasteiger partial charge is 0.306 e. The second-order valence-electron chi connectivity index (χ2n) is 4.85. The molecule has 3 heteroatoms. The van der Waals surface area contributed by atoms with Gasteiger partial charge in [0.1, 0.15) is 5.60 Å². The SMILES string of the molecule is CN(C)CCCCC(=O)OC(C)(C)C. The minimum Gasteiger partial charge on any atom is -0.460 e. The summed E-state index contributed by atoms with van der Waals surface area (Å²) in [5.74, 6) is -0.0868. The van der Waals surface area contributed by atoms with Crippen LogP contribution >= 0.6 is 0 Å². The lowest BCUT2D eigenvalue weighted by molar-refractivity contribution is -0.154. The van der Waals surface area contributed by atoms with E-state index in [0.717, 1.165) is 19.4 Å². The first-order valence-electron chi connectivity index (χ1n) is 5.18. The Morgan fingerprint density at radius 2 is 1.79 bits per heavy atom. The zero-order valence-electron chi connectivity index (χ0n) is 10.1. The van der Waals surface area contributed by atoms with Gasteiger partial charge in [-0.05, 0) is 54.3 Å². The van der Waals surface area contributed by atoms with Gasteiger partial charge in [-0.25, -0.2) is 0 Å². The molecular weight excluding hydrogens is 178 g/mol. The lowest BCUT2D eigenvalue weighted by atomic mass is 10.2. The average Bonchev–Trinajstić information content (AvgIpc) is 1.94. The van der Waals surface area contributed by atoms with Crippen LogP contribution in [-0.4, -0.2) is 37.1 Å². The third kappa shape index (κ3) is 9.52. The number of nitrogens with zero attached hydrogens (tertiary/aromatic N) is 1. The van der Waals surface area contributed by atoms with Crippen LogP contribution < -0.4 is 0 Å². The fourth-order valence-electron chi connectivity index (χ4n) is 1.09. The topological polar surface area (TPSA) is 29.5 Å². The molecule has 0 fully saturated rings. The molecule has 14 heavy (non-hydrogen) atoms. The number of hydrogen-bond donors (Lipinski definition) is 0. The first-order chi connectivity index (χ1) is 6.31. The summed E-state index contributed by atoms with van der Waals surface area (Å²) in [7, 11) is 4.07. The average molecular weight is 201 g/mol. The molecule has 0 atom stereocenters. The summed E-state index contributed by atoms with van der Waals surface area (Å²) in [6, 6.07) is 0. The Bertz CT molecular complexity index is 171. The van der Waals surface area contributed by atoms with Crippen LogP contribution in [-0.2, 0) is 9.53 Å². The van der Waals surface area contributed by atoms with E-state index in [1.165, 1.54) is 0 Å². The zero-order chi connectivity index (χ0) is 11.2. The number of carbonyl (C=O) groups is 1. The first kappa shape index (κ1) is 13.4. The third-order valence-electron chi connectivity index (χ3n) is 1.66. The Balaban J connectivity index is 3.46. The van der Waals surface area contributed by atoms with Gasteiger partial charge in [-0.15, -0.1) is 0 Å². The van der Waals surface area contributed by atoms with Crippen LogP contribution in [0.25, 0.3) is 0 Å². The summed E-state index contributed by atoms with van der Waals surface area (Å²) in [6.45, 7) is 6.71. The van der Waals surface area contributed by atoms with Crippen LogP contribution in [0.2, 0.25) is 0 Å². The maximum Gasteiger partial charge on any atom is 0.306 e. The summed E-state index contributed by atoms with van der Waals surface area (Å²) < 4.78 is 5.19. The first-order valence-corrected chi connectivity index (χ1v) is 5.18. The van der Waals surface area contributed by atoms with Crippen LogP contribution in [0.15, 0.2) is 0 Å². The summed E-state index contributed by atoms with van der Waals surface area (Å²) in [6.07, 6.45) is 2.49. The van der Waals surface area contributed by atoms with Crippen molar-refractivity contribution < 1.29 is 9.53 Å². The van der Waals surface area contributed by atoms with Crippen LogP contribution in [0.3, 0.4) is 0 Å². The lowest BCUT2D eigenvalue weighted by Crippen LogP contribution is -2.23. The van der Waals surface area contributed by atoms with Gasteiger partial charge in [0.15, 0.2) is 0 Å². The number of ether oxygens (including phenoxy) is 1. The van der Waals surface area contributed by atoms with E-state index in [1.54, 1.807) is 0 Å². The molecule has 0 aromatic rings. The predicted octanol–water partition coefficient (Wildman–Crippen LogP) is 2.06. The maximum atomic E-state index is 11.3. The molecule has 0 N–H and O–H groups in total. The monoisotopic (exact) mass is 201 g/mol. The number of rotatable bonds is 5. The van der Waals surface area contributed by atoms with Crippen molar-refractivity contribution in [2.75, 3.05) is 20.6 Å². The van der Waals surface area contributed by atoms with E-state index in [2.05, 4.69) is 4.90 Å². The molecule has 0 saturated carbocycles. The summed E-state index contributed by atoms with van der Waals surface area (Å²) in [5, 5.41) is 0. The molecule has 0 radical (unpaired) electrons. The van der Waals surface area contributed by atoms with E-state index >= 15 is 0 Å². The normalized spacial score (nSPS) is 11.9. The van der Waals surface area contributed by atoms with E-state index < -0.39 is 0 Å². The Morgan fingerprint density at radius 3 is 2.21 bits per heavy atom. The van der Waals surface area contributed by atoms with Gasteiger partial charge in [-0.1, -0.05) is 0 Å². The summed E-state index contributed by atoms with van der Waals surface area (Å²) >= 11 is 0. The van der Waals surface area contributed by atoms with E-state index in [9.17, 15) is 4.79 Å². The van der Waals surface area contributed by atoms with Gasteiger partial charge in [0.25, 0.3) is 0 Å². The van der Waals surface area contributed by atoms with Crippen molar-refractivity contribution in [1.29, 1.82) is 0 Å². The molecule has 0 spiro atoms. The molecule has 0 aliphatic heterocycles. The second kappa shape index (κ2) is 6.02. The zero-order valence-corrected chi connectivity index (χ0v) is 10.1. The third-order valence-corrected chi connectivity index (χ3v) is 1.66. The standard InChI is InChI=1S/C11H23NO2/c1-11(2,3)14-10(13)8-6-7-9-12(4)5/h6-9H2,1-5H3. The van der Waals surface area contributed by atoms with Gasteiger partial charge in [-0.2, -0.15) is 0 Å². The fraction of sp³-hybridized carbons (Fsp3) is 0.909. The van der Waals surface area contributed by atoms with Crippen molar-refractivity contribution in [2.24, 2.45) is 0 Å². The van der Waals surface area contributed by atoms with Gasteiger partial charge >= 0.3 is 5.97 Å². The summed E-state index contributed by atoms with van der Waals surface area (Å²) in [5.41, 5.74) is -0.349. The molecule has 0 aromatic heterocycles. The van der Waals surface area contributed by atoms with Gasteiger partial charge in [-0.3, -0.25) is 4.79 Å². The Morgan fingerprint density at radius 1 is 1.21 bits per heavy atom. The lowest BCUT2D eigenvalue weighted by Gasteiger charge is -2.19. The van der Waals surface area contributed by atoms with Gasteiger partial charge in [0.05, 0.1) is 0 Å². The Labute approximate surface area is 87.4 Å². The molecule has 0 rings (SSSR count). The van der Waals surface area contributed by atoms with Crippen molar-refractivity contribution in [1.82, 2.24) is 4.90 Å². The van der Waals surface area contributed by atoms with Crippen molar-refractivity contribution >= 4 is 5.97 Å². The van der Waals surface area contributed by atoms with Crippen molar-refractivity contribution in [2.45, 2.75) is 45.6 Å². The highest BCUT2D eigenvalue weighted by Gasteiger charge is 2.15. The Hall–Kier alpha value is -0.570. The summed E-state index contributed by atoms with van der Waals surface area (Å²) in [4.78, 5) is 13.4. The van der Waals surface area contributed by atoms with Crippen molar-refractivity contribution in [3.05, 3.63) is 0 Å². The number of unbranched alkanes of at least 4 members (excludes halogenated alkanes) is 1. The molecule has 0 amide bonds. The molecule has 0 saturated heterocycles. The molecule has 0 heterocycles. The predicted molar refractivity (Wildman–Crippen MR) is 58.3 cm³/mol. The minimum absolute atomic E-state index is 0.0868. The molecule has 0 unspecified atom stereocenters.